The van der Waals surface area contributed by atoms with Crippen LogP contribution >= 0.6 is 0 Å². The molecule has 0 spiro atoms. The molecule has 0 atom stereocenters. The number of hydrogen-bond donors (Lipinski definition) is 3. The zero-order chi connectivity index (χ0) is 18.3. The van der Waals surface area contributed by atoms with E-state index >= 15 is 0 Å². The van der Waals surface area contributed by atoms with Crippen molar-refractivity contribution in [2.45, 2.75) is 109 Å². The minimum atomic E-state index is -2.13. The number of rotatable bonds is 17. The first-order valence-corrected chi connectivity index (χ1v) is 9.70. The van der Waals surface area contributed by atoms with Gasteiger partial charge in [-0.3, -0.25) is 0 Å². The van der Waals surface area contributed by atoms with Crippen molar-refractivity contribution in [2.75, 3.05) is 0 Å². The van der Waals surface area contributed by atoms with Crippen LogP contribution < -0.4 is 5.73 Å². The highest BCUT2D eigenvalue weighted by molar-refractivity contribution is 6.02. The predicted molar refractivity (Wildman–Crippen MR) is 97.1 cm³/mol. The molecule has 0 aliphatic heterocycles. The van der Waals surface area contributed by atoms with Gasteiger partial charge in [0, 0.05) is 0 Å². The number of carboxylic acid groups (broad SMARTS) is 2. The Labute approximate surface area is 147 Å². The Morgan fingerprint density at radius 3 is 1.25 bits per heavy atom. The molecule has 0 aliphatic carbocycles. The van der Waals surface area contributed by atoms with Crippen molar-refractivity contribution in [1.29, 1.82) is 0 Å². The molecule has 0 aromatic heterocycles. The molecular formula is C19H37NO4. The lowest BCUT2D eigenvalue weighted by Gasteiger charge is -2.19. The zero-order valence-electron chi connectivity index (χ0n) is 15.4. The van der Waals surface area contributed by atoms with E-state index in [1.807, 2.05) is 0 Å². The van der Waals surface area contributed by atoms with Gasteiger partial charge in [0.25, 0.3) is 0 Å². The largest absolute Gasteiger partial charge is 0.479 e. The summed E-state index contributed by atoms with van der Waals surface area (Å²) in [5.41, 5.74) is 3.30. The molecular weight excluding hydrogens is 306 g/mol. The van der Waals surface area contributed by atoms with Crippen LogP contribution in [0.25, 0.3) is 0 Å². The molecule has 0 aromatic carbocycles. The van der Waals surface area contributed by atoms with Crippen LogP contribution in [0.2, 0.25) is 0 Å². The van der Waals surface area contributed by atoms with Crippen LogP contribution in [0, 0.1) is 0 Å². The Morgan fingerprint density at radius 2 is 0.958 bits per heavy atom. The van der Waals surface area contributed by atoms with Crippen molar-refractivity contribution in [2.24, 2.45) is 5.73 Å². The highest BCUT2D eigenvalue weighted by Crippen LogP contribution is 2.16. The normalized spacial score (nSPS) is 11.6. The lowest BCUT2D eigenvalue weighted by atomic mass is 9.93. The third-order valence-corrected chi connectivity index (χ3v) is 4.69. The van der Waals surface area contributed by atoms with Crippen LogP contribution in [0.3, 0.4) is 0 Å². The van der Waals surface area contributed by atoms with Gasteiger partial charge in [0.1, 0.15) is 0 Å². The lowest BCUT2D eigenvalue weighted by Crippen LogP contribution is -2.54. The Bertz CT molecular complexity index is 330. The second-order valence-corrected chi connectivity index (χ2v) is 6.93. The molecule has 0 rings (SSSR count). The predicted octanol–water partition coefficient (Wildman–Crippen LogP) is 4.72. The summed E-state index contributed by atoms with van der Waals surface area (Å²) in [7, 11) is 0. The van der Waals surface area contributed by atoms with E-state index in [4.69, 9.17) is 15.9 Å². The second-order valence-electron chi connectivity index (χ2n) is 6.93. The zero-order valence-corrected chi connectivity index (χ0v) is 15.4. The van der Waals surface area contributed by atoms with Gasteiger partial charge in [0.2, 0.25) is 5.54 Å². The molecule has 0 aliphatic rings. The monoisotopic (exact) mass is 343 g/mol. The summed E-state index contributed by atoms with van der Waals surface area (Å²) in [6.45, 7) is 2.24. The number of hydrogen-bond acceptors (Lipinski definition) is 3. The van der Waals surface area contributed by atoms with Crippen molar-refractivity contribution < 1.29 is 19.8 Å². The SMILES string of the molecule is CCCCCCCCCCCCCCCCC(N)(C(=O)O)C(=O)O. The fourth-order valence-corrected chi connectivity index (χ4v) is 2.90. The molecule has 0 fully saturated rings. The quantitative estimate of drug-likeness (QED) is 0.262. The Kier molecular flexibility index (Phi) is 13.6. The van der Waals surface area contributed by atoms with Gasteiger partial charge in [0.05, 0.1) is 0 Å². The summed E-state index contributed by atoms with van der Waals surface area (Å²) in [5, 5.41) is 17.8. The van der Waals surface area contributed by atoms with E-state index in [0.29, 0.717) is 6.42 Å². The van der Waals surface area contributed by atoms with Crippen molar-refractivity contribution in [3.05, 3.63) is 0 Å². The van der Waals surface area contributed by atoms with Gasteiger partial charge in [-0.2, -0.15) is 0 Å². The fourth-order valence-electron chi connectivity index (χ4n) is 2.90. The maximum absolute atomic E-state index is 10.9. The summed E-state index contributed by atoms with van der Waals surface area (Å²) in [5.74, 6) is -2.91. The number of carboxylic acids is 2. The van der Waals surface area contributed by atoms with E-state index in [-0.39, 0.29) is 6.42 Å². The van der Waals surface area contributed by atoms with E-state index in [1.165, 1.54) is 64.2 Å². The molecule has 142 valence electrons. The van der Waals surface area contributed by atoms with E-state index < -0.39 is 17.5 Å². The minimum Gasteiger partial charge on any atom is -0.479 e. The molecule has 0 radical (unpaired) electrons. The molecule has 0 unspecified atom stereocenters. The Morgan fingerprint density at radius 1 is 0.667 bits per heavy atom. The molecule has 0 heterocycles. The maximum atomic E-state index is 10.9. The minimum absolute atomic E-state index is 0.00427. The van der Waals surface area contributed by atoms with Crippen molar-refractivity contribution in [3.8, 4) is 0 Å². The Hall–Kier alpha value is -1.10. The first kappa shape index (κ1) is 22.9. The first-order chi connectivity index (χ1) is 11.4. The van der Waals surface area contributed by atoms with Crippen molar-refractivity contribution in [1.82, 2.24) is 0 Å². The van der Waals surface area contributed by atoms with Crippen LogP contribution in [0.1, 0.15) is 103 Å². The average Bonchev–Trinajstić information content (AvgIpc) is 2.54. The molecule has 0 saturated carbocycles. The average molecular weight is 344 g/mol. The van der Waals surface area contributed by atoms with Gasteiger partial charge in [-0.15, -0.1) is 0 Å². The molecule has 24 heavy (non-hydrogen) atoms. The third kappa shape index (κ3) is 10.6. The number of carbonyl (C=O) groups is 2. The van der Waals surface area contributed by atoms with Crippen molar-refractivity contribution in [3.63, 3.8) is 0 Å². The van der Waals surface area contributed by atoms with Crippen LogP contribution in [0.4, 0.5) is 0 Å². The summed E-state index contributed by atoms with van der Waals surface area (Å²) in [6, 6.07) is 0. The summed E-state index contributed by atoms with van der Waals surface area (Å²) in [4.78, 5) is 21.8. The Balaban J connectivity index is 3.40. The molecule has 0 aromatic rings. The molecule has 0 saturated heterocycles. The fraction of sp³-hybridized carbons (Fsp3) is 0.895. The van der Waals surface area contributed by atoms with Crippen LogP contribution in [0.15, 0.2) is 0 Å². The summed E-state index contributed by atoms with van der Waals surface area (Å²) < 4.78 is 0. The smallest absolute Gasteiger partial charge is 0.335 e. The number of nitrogens with two attached hydrogens (primary N) is 1. The number of unbranched alkanes of at least 4 members (excludes halogenated alkanes) is 13. The topological polar surface area (TPSA) is 101 Å². The molecule has 4 N–H and O–H groups in total. The van der Waals surface area contributed by atoms with Crippen LogP contribution in [0.5, 0.6) is 0 Å². The standard InChI is InChI=1S/C19H37NO4/c1-2-3-4-5-6-7-8-9-10-11-12-13-14-15-16-19(20,17(21)22)18(23)24/h2-16,20H2,1H3,(H,21,22)(H,23,24). The molecule has 0 amide bonds. The summed E-state index contributed by atoms with van der Waals surface area (Å²) >= 11 is 0. The van der Waals surface area contributed by atoms with Gasteiger partial charge >= 0.3 is 11.9 Å². The molecule has 0 bridgehead atoms. The highest BCUT2D eigenvalue weighted by atomic mass is 16.4. The molecule has 5 heteroatoms. The maximum Gasteiger partial charge on any atom is 0.335 e. The first-order valence-electron chi connectivity index (χ1n) is 9.70. The van der Waals surface area contributed by atoms with Gasteiger partial charge in [-0.25, -0.2) is 9.59 Å². The van der Waals surface area contributed by atoms with Crippen LogP contribution in [-0.2, 0) is 9.59 Å². The van der Waals surface area contributed by atoms with Gasteiger partial charge in [-0.05, 0) is 6.42 Å². The van der Waals surface area contributed by atoms with E-state index in [0.717, 1.165) is 19.3 Å². The molecule has 5 nitrogen and oxygen atoms in total. The lowest BCUT2D eigenvalue weighted by molar-refractivity contribution is -0.157. The summed E-state index contributed by atoms with van der Waals surface area (Å²) in [6.07, 6.45) is 16.8. The number of aliphatic carboxylic acids is 2. The van der Waals surface area contributed by atoms with Crippen molar-refractivity contribution >= 4 is 11.9 Å². The van der Waals surface area contributed by atoms with Gasteiger partial charge < -0.3 is 15.9 Å². The van der Waals surface area contributed by atoms with E-state index in [9.17, 15) is 9.59 Å². The highest BCUT2D eigenvalue weighted by Gasteiger charge is 2.41. The van der Waals surface area contributed by atoms with E-state index in [1.54, 1.807) is 0 Å². The van der Waals surface area contributed by atoms with Gasteiger partial charge in [-0.1, -0.05) is 96.8 Å². The van der Waals surface area contributed by atoms with Crippen LogP contribution in [-0.4, -0.2) is 27.7 Å². The second kappa shape index (κ2) is 14.3. The van der Waals surface area contributed by atoms with Gasteiger partial charge in [0.15, 0.2) is 0 Å². The third-order valence-electron chi connectivity index (χ3n) is 4.69. The van der Waals surface area contributed by atoms with E-state index in [2.05, 4.69) is 6.92 Å².